The number of aromatic nitrogens is 2. The second kappa shape index (κ2) is 42.6. The second-order valence-corrected chi connectivity index (χ2v) is 40.5. The number of nitrogens with zero attached hydrogens (tertiary/aromatic N) is 4. The Morgan fingerprint density at radius 2 is 0.625 bits per heavy atom. The van der Waals surface area contributed by atoms with Gasteiger partial charge in [-0.25, -0.2) is 9.97 Å². The number of carbonyl (C=O) groups is 2. The number of benzene rings is 1. The number of amides is 2. The van der Waals surface area contributed by atoms with E-state index in [0.717, 1.165) is 92.0 Å². The lowest BCUT2D eigenvalue weighted by molar-refractivity contribution is -0.123. The van der Waals surface area contributed by atoms with Crippen LogP contribution in [-0.2, 0) is 35.3 Å². The molecule has 0 bridgehead atoms. The van der Waals surface area contributed by atoms with E-state index in [4.69, 9.17) is 34.4 Å². The maximum absolute atomic E-state index is 13.9. The predicted molar refractivity (Wildman–Crippen MR) is 478 cm³/mol. The number of thioether (sulfide) groups is 2. The van der Waals surface area contributed by atoms with Gasteiger partial charge in [-0.2, -0.15) is 0 Å². The third kappa shape index (κ3) is 22.4. The maximum Gasteiger partial charge on any atom is 0.266 e. The molecule has 9 aromatic rings. The summed E-state index contributed by atoms with van der Waals surface area (Å²) < 4.78 is 3.81. The molecule has 0 atom stereocenters. The van der Waals surface area contributed by atoms with E-state index in [1.807, 2.05) is 100 Å². The minimum absolute atomic E-state index is 0.0690. The van der Waals surface area contributed by atoms with Gasteiger partial charge in [0.05, 0.1) is 40.0 Å². The Morgan fingerprint density at radius 1 is 0.327 bits per heavy atom. The van der Waals surface area contributed by atoms with Crippen molar-refractivity contribution >= 4 is 192 Å². The van der Waals surface area contributed by atoms with Crippen LogP contribution >= 0.6 is 139 Å². The van der Waals surface area contributed by atoms with E-state index in [1.54, 1.807) is 0 Å². The third-order valence-corrected chi connectivity index (χ3v) is 32.8. The van der Waals surface area contributed by atoms with E-state index >= 15 is 0 Å². The van der Waals surface area contributed by atoms with E-state index in [-0.39, 0.29) is 11.8 Å². The van der Waals surface area contributed by atoms with Crippen LogP contribution in [0, 0.1) is 0 Å². The fourth-order valence-corrected chi connectivity index (χ4v) is 26.4. The van der Waals surface area contributed by atoms with Crippen LogP contribution in [0.2, 0.25) is 0 Å². The first kappa shape index (κ1) is 81.5. The Kier molecular flexibility index (Phi) is 33.4. The number of thiophene rings is 6. The number of aryl methyl sites for hydroxylation is 4. The average molecular weight is 1620 g/mol. The second-order valence-electron chi connectivity index (χ2n) is 28.7. The van der Waals surface area contributed by atoms with Gasteiger partial charge in [0.15, 0.2) is 0 Å². The van der Waals surface area contributed by atoms with Gasteiger partial charge >= 0.3 is 0 Å². The number of carbonyl (C=O) groups excluding carboxylic acids is 2. The lowest BCUT2D eigenvalue weighted by Crippen LogP contribution is -2.28. The topological polar surface area (TPSA) is 66.4 Å². The minimum Gasteiger partial charge on any atom is -0.293 e. The standard InChI is InChI=1S/C86H110N4O2S12/c1-7-13-19-25-29-35-41-59-51-63(55-75-83(91)89(85(93)103-75)49-39-33-23-17-11-5)95-77(59)67-45-47-69(97-67)79-61(43-37-31-27-21-15-9-3)53-73(99-79)81-87-65-57-66-72(58-71(65)101-81)102-82(88-66)74-54-62(44-38-32-28-22-16-10-4)80(100-74)70-48-46-68(98-70)78-60(42-36-30-26-20-14-8-2)52-64(96-78)56-76-84(92)90(86(94)104-76)50-40-34-24-18-12-6/h45-48,51-58H,7-44,49-50H2,1-6H3/b75-55-,76-56-. The summed E-state index contributed by atoms with van der Waals surface area (Å²) in [6, 6.07) is 23.9. The molecule has 1 aromatic carbocycles. The van der Waals surface area contributed by atoms with Crippen molar-refractivity contribution in [3.8, 4) is 58.8 Å². The van der Waals surface area contributed by atoms with Crippen molar-refractivity contribution in [2.45, 2.75) is 286 Å². The van der Waals surface area contributed by atoms with E-state index in [9.17, 15) is 9.59 Å². The summed E-state index contributed by atoms with van der Waals surface area (Å²) in [7, 11) is 0. The summed E-state index contributed by atoms with van der Waals surface area (Å²) in [6.45, 7) is 15.1. The summed E-state index contributed by atoms with van der Waals surface area (Å²) in [5.41, 5.74) is 7.73. The normalized spacial score (nSPS) is 14.4. The van der Waals surface area contributed by atoms with Crippen LogP contribution in [0.1, 0.15) is 292 Å². The predicted octanol–water partition coefficient (Wildman–Crippen LogP) is 31.2. The number of fused-ring (bicyclic) bond motifs is 2. The van der Waals surface area contributed by atoms with Gasteiger partial charge in [-0.1, -0.05) is 269 Å². The minimum atomic E-state index is 0.0690. The fraction of sp³-hybridized carbons (Fsp3) is 0.535. The highest BCUT2D eigenvalue weighted by Crippen LogP contribution is 2.51. The molecule has 8 aromatic heterocycles. The van der Waals surface area contributed by atoms with Gasteiger partial charge in [0.1, 0.15) is 18.7 Å². The van der Waals surface area contributed by atoms with Crippen molar-refractivity contribution in [2.24, 2.45) is 0 Å². The zero-order chi connectivity index (χ0) is 72.6. The molecule has 11 rings (SSSR count). The van der Waals surface area contributed by atoms with Gasteiger partial charge in [-0.05, 0) is 159 Å². The Hall–Kier alpha value is -3.50. The molecule has 0 radical (unpaired) electrons. The number of thiocarbonyl (C=S) groups is 2. The lowest BCUT2D eigenvalue weighted by Gasteiger charge is -2.13. The Labute approximate surface area is 674 Å². The van der Waals surface area contributed by atoms with Crippen LogP contribution in [0.5, 0.6) is 0 Å². The van der Waals surface area contributed by atoms with Gasteiger partial charge < -0.3 is 0 Å². The number of rotatable bonds is 48. The highest BCUT2D eigenvalue weighted by atomic mass is 32.2. The summed E-state index contributed by atoms with van der Waals surface area (Å²) in [5, 5.41) is 2.18. The molecule has 2 aliphatic heterocycles. The van der Waals surface area contributed by atoms with Crippen molar-refractivity contribution in [1.29, 1.82) is 0 Å². The summed E-state index contributed by atoms with van der Waals surface area (Å²) in [5.74, 6) is 0.138. The number of hydrogen-bond acceptors (Lipinski definition) is 16. The number of thiazole rings is 2. The van der Waals surface area contributed by atoms with Crippen molar-refractivity contribution in [2.75, 3.05) is 13.1 Å². The molecular weight excluding hydrogens is 1510 g/mol. The molecule has 0 unspecified atom stereocenters. The smallest absolute Gasteiger partial charge is 0.266 e. The fourth-order valence-electron chi connectivity index (χ4n) is 14.2. The van der Waals surface area contributed by atoms with Crippen LogP contribution in [0.4, 0.5) is 0 Å². The molecule has 0 saturated carbocycles. The quantitative estimate of drug-likeness (QED) is 0.0212. The van der Waals surface area contributed by atoms with Gasteiger partial charge in [0.2, 0.25) is 0 Å². The van der Waals surface area contributed by atoms with Gasteiger partial charge in [-0.15, -0.1) is 90.7 Å². The highest BCUT2D eigenvalue weighted by molar-refractivity contribution is 8.27. The molecular formula is C86H110N4O2S12. The molecule has 558 valence electrons. The van der Waals surface area contributed by atoms with Crippen molar-refractivity contribution < 1.29 is 9.59 Å². The zero-order valence-corrected chi connectivity index (χ0v) is 72.5. The Morgan fingerprint density at radius 3 is 0.962 bits per heavy atom. The van der Waals surface area contributed by atoms with Gasteiger partial charge in [-0.3, -0.25) is 19.4 Å². The first-order chi connectivity index (χ1) is 51.0. The monoisotopic (exact) mass is 1610 g/mol. The molecule has 0 spiro atoms. The maximum atomic E-state index is 13.9. The van der Waals surface area contributed by atoms with Crippen molar-refractivity contribution in [1.82, 2.24) is 19.8 Å². The first-order valence-electron chi connectivity index (χ1n) is 39.9. The van der Waals surface area contributed by atoms with Crippen LogP contribution in [0.15, 0.2) is 70.5 Å². The van der Waals surface area contributed by atoms with E-state index in [1.165, 1.54) is 297 Å². The van der Waals surface area contributed by atoms with Crippen LogP contribution in [0.3, 0.4) is 0 Å². The molecule has 2 amide bonds. The van der Waals surface area contributed by atoms with Crippen LogP contribution in [0.25, 0.3) is 91.4 Å². The molecule has 18 heteroatoms. The average Bonchev–Trinajstić information content (AvgIpc) is 1.62. The molecule has 2 fully saturated rings. The summed E-state index contributed by atoms with van der Waals surface area (Å²) in [6.07, 6.45) is 50.4. The number of hydrogen-bond donors (Lipinski definition) is 0. The highest BCUT2D eigenvalue weighted by Gasteiger charge is 2.34. The van der Waals surface area contributed by atoms with E-state index in [2.05, 4.69) is 114 Å². The van der Waals surface area contributed by atoms with E-state index in [0.29, 0.717) is 21.7 Å². The van der Waals surface area contributed by atoms with Gasteiger partial charge in [0, 0.05) is 61.9 Å². The van der Waals surface area contributed by atoms with Crippen LogP contribution < -0.4 is 0 Å². The van der Waals surface area contributed by atoms with E-state index < -0.39 is 0 Å². The molecule has 2 saturated heterocycles. The van der Waals surface area contributed by atoms with Gasteiger partial charge in [0.25, 0.3) is 11.8 Å². The van der Waals surface area contributed by atoms with Crippen LogP contribution in [-0.4, -0.2) is 53.3 Å². The third-order valence-electron chi connectivity index (χ3n) is 20.2. The molecule has 10 heterocycles. The molecule has 6 nitrogen and oxygen atoms in total. The largest absolute Gasteiger partial charge is 0.293 e. The molecule has 104 heavy (non-hydrogen) atoms. The lowest BCUT2D eigenvalue weighted by atomic mass is 10.0. The van der Waals surface area contributed by atoms with Crippen molar-refractivity contribution in [3.63, 3.8) is 0 Å². The molecule has 0 aliphatic carbocycles. The van der Waals surface area contributed by atoms with Crippen molar-refractivity contribution in [3.05, 3.63) is 102 Å². The first-order valence-corrected chi connectivity index (χ1v) is 48.9. The summed E-state index contributed by atoms with van der Waals surface area (Å²) >= 11 is 29.7. The SMILES string of the molecule is CCCCCCCCc1cc(/C=C2\SC(=S)N(CCCCCCC)C2=O)sc1-c1ccc(-c2sc(-c3nc4cc5nc(-c6cc(CCCCCCCC)c(-c7ccc(-c8sc(/C=C9\SC(=S)N(CCCCCCC)C9=O)cc8CCCCCCCC)s7)s6)sc5cc4s3)cc2CCCCCCCC)s1. The Bertz CT molecular complexity index is 3990. The molecule has 2 aliphatic rings. The Balaban J connectivity index is 0.854. The zero-order valence-electron chi connectivity index (χ0n) is 62.7. The summed E-state index contributed by atoms with van der Waals surface area (Å²) in [4.78, 5) is 59.4. The number of unbranched alkanes of at least 4 members (excludes halogenated alkanes) is 28. The molecule has 0 N–H and O–H groups in total.